The van der Waals surface area contributed by atoms with Gasteiger partial charge < -0.3 is 8.71 Å². The van der Waals surface area contributed by atoms with Crippen LogP contribution in [0.25, 0.3) is 22.4 Å². The summed E-state index contributed by atoms with van der Waals surface area (Å²) < 4.78 is 39.8. The molecule has 1 aromatic heterocycles. The van der Waals surface area contributed by atoms with Crippen molar-refractivity contribution in [2.75, 3.05) is 0 Å². The highest BCUT2D eigenvalue weighted by Crippen LogP contribution is 2.34. The maximum absolute atomic E-state index is 10.7. The lowest BCUT2D eigenvalue weighted by Crippen LogP contribution is -2.06. The first-order chi connectivity index (χ1) is 10.9. The van der Waals surface area contributed by atoms with Gasteiger partial charge in [-0.25, -0.2) is 0 Å². The molecule has 0 aliphatic heterocycles. The summed E-state index contributed by atoms with van der Waals surface area (Å²) in [5, 5.41) is 4.10. The molecule has 0 spiro atoms. The Kier molecular flexibility index (Phi) is 3.89. The number of hydrogen-bond donors (Lipinski definition) is 1. The fourth-order valence-electron chi connectivity index (χ4n) is 2.30. The highest BCUT2D eigenvalue weighted by Gasteiger charge is 2.17. The fraction of sp³-hybridized carbons (Fsp3) is 0.0625. The van der Waals surface area contributed by atoms with Crippen LogP contribution >= 0.6 is 0 Å². The van der Waals surface area contributed by atoms with Gasteiger partial charge in [-0.2, -0.15) is 8.42 Å². The van der Waals surface area contributed by atoms with Crippen LogP contribution in [0.5, 0.6) is 5.75 Å². The van der Waals surface area contributed by atoms with Crippen molar-refractivity contribution in [1.82, 2.24) is 5.16 Å². The minimum absolute atomic E-state index is 0.0200. The van der Waals surface area contributed by atoms with E-state index in [0.29, 0.717) is 11.5 Å². The molecule has 0 amide bonds. The van der Waals surface area contributed by atoms with Crippen molar-refractivity contribution in [1.29, 1.82) is 0 Å². The molecule has 0 radical (unpaired) electrons. The predicted molar refractivity (Wildman–Crippen MR) is 84.3 cm³/mol. The average molecular weight is 331 g/mol. The first kappa shape index (κ1) is 15.3. The van der Waals surface area contributed by atoms with E-state index in [2.05, 4.69) is 9.34 Å². The molecule has 0 fully saturated rings. The van der Waals surface area contributed by atoms with Crippen LogP contribution in [-0.4, -0.2) is 18.1 Å². The quantitative estimate of drug-likeness (QED) is 0.736. The third kappa shape index (κ3) is 3.41. The number of benzene rings is 2. The Morgan fingerprint density at radius 1 is 1.00 bits per heavy atom. The second kappa shape index (κ2) is 5.86. The van der Waals surface area contributed by atoms with Crippen LogP contribution in [0.4, 0.5) is 0 Å². The Bertz CT molecular complexity index is 915. The third-order valence-corrected chi connectivity index (χ3v) is 3.66. The molecule has 1 N–H and O–H groups in total. The van der Waals surface area contributed by atoms with E-state index in [1.54, 1.807) is 19.1 Å². The van der Waals surface area contributed by atoms with Gasteiger partial charge in [0.15, 0.2) is 0 Å². The molecule has 7 heteroatoms. The summed E-state index contributed by atoms with van der Waals surface area (Å²) in [4.78, 5) is 0. The maximum atomic E-state index is 10.7. The second-order valence-electron chi connectivity index (χ2n) is 4.86. The minimum atomic E-state index is -4.53. The average Bonchev–Trinajstić information content (AvgIpc) is 2.89. The zero-order valence-corrected chi connectivity index (χ0v) is 12.9. The molecule has 1 heterocycles. The van der Waals surface area contributed by atoms with Gasteiger partial charge in [0.1, 0.15) is 17.2 Å². The van der Waals surface area contributed by atoms with E-state index in [1.165, 1.54) is 12.1 Å². The van der Waals surface area contributed by atoms with Crippen molar-refractivity contribution < 1.29 is 21.7 Å². The molecule has 3 aromatic rings. The van der Waals surface area contributed by atoms with Crippen LogP contribution in [0, 0.1) is 6.92 Å². The van der Waals surface area contributed by atoms with Gasteiger partial charge in [-0.1, -0.05) is 47.6 Å². The number of hydrogen-bond acceptors (Lipinski definition) is 5. The van der Waals surface area contributed by atoms with E-state index in [-0.39, 0.29) is 5.75 Å². The summed E-state index contributed by atoms with van der Waals surface area (Å²) in [5.41, 5.74) is 3.23. The molecular formula is C16H13NO5S. The fourth-order valence-corrected chi connectivity index (χ4v) is 2.66. The first-order valence-electron chi connectivity index (χ1n) is 6.73. The molecule has 0 saturated carbocycles. The summed E-state index contributed by atoms with van der Waals surface area (Å²) in [6.07, 6.45) is 0. The number of rotatable bonds is 4. The van der Waals surface area contributed by atoms with Gasteiger partial charge in [0.05, 0.1) is 5.56 Å². The topological polar surface area (TPSA) is 89.6 Å². The predicted octanol–water partition coefficient (Wildman–Crippen LogP) is 3.50. The van der Waals surface area contributed by atoms with Gasteiger partial charge >= 0.3 is 10.4 Å². The Labute approximate surface area is 133 Å². The molecule has 0 unspecified atom stereocenters. The smallest absolute Gasteiger partial charge is 0.362 e. The molecule has 0 aliphatic rings. The van der Waals surface area contributed by atoms with E-state index in [0.717, 1.165) is 16.7 Å². The van der Waals surface area contributed by atoms with Gasteiger partial charge in [0, 0.05) is 5.56 Å². The summed E-state index contributed by atoms with van der Waals surface area (Å²) in [7, 11) is -4.53. The van der Waals surface area contributed by atoms with Crippen LogP contribution < -0.4 is 4.18 Å². The third-order valence-electron chi connectivity index (χ3n) is 3.25. The summed E-state index contributed by atoms with van der Waals surface area (Å²) in [5.74, 6) is 0.666. The Morgan fingerprint density at radius 3 is 2.26 bits per heavy atom. The van der Waals surface area contributed by atoms with E-state index in [4.69, 9.17) is 9.08 Å². The van der Waals surface area contributed by atoms with Crippen molar-refractivity contribution >= 4 is 10.4 Å². The van der Waals surface area contributed by atoms with Crippen LogP contribution in [0.1, 0.15) is 5.76 Å². The molecule has 0 saturated heterocycles. The van der Waals surface area contributed by atoms with E-state index < -0.39 is 10.4 Å². The van der Waals surface area contributed by atoms with Gasteiger partial charge in [0.25, 0.3) is 0 Å². The number of aromatic nitrogens is 1. The van der Waals surface area contributed by atoms with E-state index in [9.17, 15) is 8.42 Å². The Morgan fingerprint density at radius 2 is 1.65 bits per heavy atom. The van der Waals surface area contributed by atoms with Gasteiger partial charge in [-0.3, -0.25) is 4.55 Å². The molecule has 0 atom stereocenters. The number of nitrogens with zero attached hydrogens (tertiary/aromatic N) is 1. The lowest BCUT2D eigenvalue weighted by molar-refractivity contribution is 0.387. The van der Waals surface area contributed by atoms with E-state index in [1.807, 2.05) is 30.3 Å². The number of aryl methyl sites for hydroxylation is 1. The highest BCUT2D eigenvalue weighted by atomic mass is 32.3. The van der Waals surface area contributed by atoms with Crippen LogP contribution in [-0.2, 0) is 10.4 Å². The molecule has 0 aliphatic carbocycles. The molecule has 3 rings (SSSR count). The maximum Gasteiger partial charge on any atom is 0.446 e. The largest absolute Gasteiger partial charge is 0.446 e. The second-order valence-corrected chi connectivity index (χ2v) is 5.89. The zero-order chi connectivity index (χ0) is 16.4. The minimum Gasteiger partial charge on any atom is -0.362 e. The standard InChI is InChI=1S/C16H13NO5S/c1-11-15(16(17-21-11)13-5-3-2-4-6-13)12-7-9-14(10-8-12)22-23(18,19)20/h2-10H,1H3,(H,18,19,20). The van der Waals surface area contributed by atoms with E-state index >= 15 is 0 Å². The summed E-state index contributed by atoms with van der Waals surface area (Å²) >= 11 is 0. The molecule has 118 valence electrons. The Balaban J connectivity index is 2.01. The molecule has 0 bridgehead atoms. The van der Waals surface area contributed by atoms with Crippen molar-refractivity contribution in [2.24, 2.45) is 0 Å². The van der Waals surface area contributed by atoms with Crippen molar-refractivity contribution in [2.45, 2.75) is 6.92 Å². The van der Waals surface area contributed by atoms with Gasteiger partial charge in [-0.05, 0) is 24.6 Å². The van der Waals surface area contributed by atoms with Crippen LogP contribution in [0.2, 0.25) is 0 Å². The summed E-state index contributed by atoms with van der Waals surface area (Å²) in [6.45, 7) is 1.80. The monoisotopic (exact) mass is 331 g/mol. The normalized spacial score (nSPS) is 11.4. The zero-order valence-electron chi connectivity index (χ0n) is 12.1. The van der Waals surface area contributed by atoms with Crippen molar-refractivity contribution in [3.8, 4) is 28.1 Å². The van der Waals surface area contributed by atoms with Crippen LogP contribution in [0.3, 0.4) is 0 Å². The van der Waals surface area contributed by atoms with Crippen molar-refractivity contribution in [3.05, 3.63) is 60.4 Å². The lowest BCUT2D eigenvalue weighted by Gasteiger charge is -2.05. The molecular weight excluding hydrogens is 318 g/mol. The Hall–Kier alpha value is -2.64. The van der Waals surface area contributed by atoms with Crippen molar-refractivity contribution in [3.63, 3.8) is 0 Å². The molecule has 23 heavy (non-hydrogen) atoms. The van der Waals surface area contributed by atoms with Gasteiger partial charge in [0.2, 0.25) is 0 Å². The summed E-state index contributed by atoms with van der Waals surface area (Å²) in [6, 6.07) is 15.8. The molecule has 2 aromatic carbocycles. The highest BCUT2D eigenvalue weighted by molar-refractivity contribution is 7.81. The first-order valence-corrected chi connectivity index (χ1v) is 8.09. The lowest BCUT2D eigenvalue weighted by atomic mass is 9.99. The molecule has 6 nitrogen and oxygen atoms in total. The van der Waals surface area contributed by atoms with Gasteiger partial charge in [-0.15, -0.1) is 0 Å². The van der Waals surface area contributed by atoms with Crippen LogP contribution in [0.15, 0.2) is 59.1 Å². The SMILES string of the molecule is Cc1onc(-c2ccccc2)c1-c1ccc(OS(=O)(=O)O)cc1.